The van der Waals surface area contributed by atoms with Gasteiger partial charge in [-0.25, -0.2) is 9.48 Å². The summed E-state index contributed by atoms with van der Waals surface area (Å²) in [6.07, 6.45) is 1.48. The summed E-state index contributed by atoms with van der Waals surface area (Å²) in [4.78, 5) is 29.1. The quantitative estimate of drug-likeness (QED) is 0.737. The summed E-state index contributed by atoms with van der Waals surface area (Å²) in [6, 6.07) is 12.1. The molecular weight excluding hydrogens is 356 g/mol. The lowest BCUT2D eigenvalue weighted by Gasteiger charge is -2.14. The molecule has 7 heteroatoms. The van der Waals surface area contributed by atoms with Gasteiger partial charge in [0.15, 0.2) is 0 Å². The van der Waals surface area contributed by atoms with Crippen LogP contribution in [0.25, 0.3) is 11.3 Å². The predicted octanol–water partition coefficient (Wildman–Crippen LogP) is 3.13. The first-order chi connectivity index (χ1) is 13.4. The van der Waals surface area contributed by atoms with E-state index in [0.717, 1.165) is 21.4 Å². The van der Waals surface area contributed by atoms with E-state index in [2.05, 4.69) is 15.4 Å². The zero-order chi connectivity index (χ0) is 20.3. The minimum atomic E-state index is -0.800. The Balaban J connectivity index is 1.80. The number of aryl methyl sites for hydroxylation is 2. The van der Waals surface area contributed by atoms with Crippen molar-refractivity contribution in [3.63, 3.8) is 0 Å². The van der Waals surface area contributed by atoms with Crippen LogP contribution in [0, 0.1) is 13.8 Å². The van der Waals surface area contributed by atoms with E-state index < -0.39 is 11.7 Å². The number of carbonyl (C=O) groups excluding carboxylic acids is 1. The Morgan fingerprint density at radius 1 is 1.11 bits per heavy atom. The number of nitrogens with one attached hydrogen (secondary N) is 1. The van der Waals surface area contributed by atoms with Crippen molar-refractivity contribution in [2.45, 2.75) is 26.8 Å². The fourth-order valence-corrected chi connectivity index (χ4v) is 2.92. The number of benzene rings is 2. The minimum Gasteiger partial charge on any atom is -0.497 e. The number of aromatic nitrogens is 3. The molecule has 0 unspecified atom stereocenters. The first-order valence-corrected chi connectivity index (χ1v) is 8.87. The van der Waals surface area contributed by atoms with Gasteiger partial charge >= 0.3 is 5.69 Å². The summed E-state index contributed by atoms with van der Waals surface area (Å²) in [5.41, 5.74) is 3.37. The van der Waals surface area contributed by atoms with E-state index in [1.54, 1.807) is 38.3 Å². The molecule has 1 amide bonds. The highest BCUT2D eigenvalue weighted by Gasteiger charge is 2.19. The fourth-order valence-electron chi connectivity index (χ4n) is 2.92. The Morgan fingerprint density at radius 2 is 1.75 bits per heavy atom. The van der Waals surface area contributed by atoms with Gasteiger partial charge in [-0.1, -0.05) is 6.07 Å². The molecule has 3 aromatic rings. The number of hydrogen-bond acceptors (Lipinski definition) is 5. The highest BCUT2D eigenvalue weighted by molar-refractivity contribution is 5.93. The molecule has 1 heterocycles. The van der Waals surface area contributed by atoms with Crippen LogP contribution < -0.4 is 15.7 Å². The standard InChI is InChI=1S/C21H22N4O3/c1-13-9-14(2)11-17(10-13)23-20(26)15(3)25-21(27)24-19(12-22-25)16-5-7-18(28-4)8-6-16/h5-12,15H,1-4H3,(H,23,26)/t15-/m0/s1. The van der Waals surface area contributed by atoms with Crippen LogP contribution in [0.4, 0.5) is 5.69 Å². The van der Waals surface area contributed by atoms with Gasteiger partial charge in [-0.2, -0.15) is 10.1 Å². The van der Waals surface area contributed by atoms with Crippen molar-refractivity contribution >= 4 is 11.6 Å². The van der Waals surface area contributed by atoms with Gasteiger partial charge in [-0.3, -0.25) is 4.79 Å². The van der Waals surface area contributed by atoms with Gasteiger partial charge in [-0.05, 0) is 68.3 Å². The van der Waals surface area contributed by atoms with Crippen LogP contribution in [0.2, 0.25) is 0 Å². The lowest BCUT2D eigenvalue weighted by atomic mass is 10.1. The summed E-state index contributed by atoms with van der Waals surface area (Å²) in [5.74, 6) is 0.375. The van der Waals surface area contributed by atoms with E-state index in [9.17, 15) is 9.59 Å². The summed E-state index contributed by atoms with van der Waals surface area (Å²) in [7, 11) is 1.58. The van der Waals surface area contributed by atoms with Crippen molar-refractivity contribution in [2.75, 3.05) is 12.4 Å². The normalized spacial score (nSPS) is 11.7. The molecule has 0 aliphatic rings. The second kappa shape index (κ2) is 8.04. The third kappa shape index (κ3) is 4.25. The first-order valence-electron chi connectivity index (χ1n) is 8.87. The molecule has 0 aliphatic carbocycles. The fraction of sp³-hybridized carbons (Fsp3) is 0.238. The van der Waals surface area contributed by atoms with Crippen LogP contribution in [0.5, 0.6) is 5.75 Å². The molecule has 0 aliphatic heterocycles. The lowest BCUT2D eigenvalue weighted by Crippen LogP contribution is -2.34. The monoisotopic (exact) mass is 378 g/mol. The van der Waals surface area contributed by atoms with Crippen LogP contribution in [-0.2, 0) is 4.79 Å². The van der Waals surface area contributed by atoms with Crippen molar-refractivity contribution in [3.05, 3.63) is 70.3 Å². The first kappa shape index (κ1) is 19.3. The Morgan fingerprint density at radius 3 is 2.32 bits per heavy atom. The molecule has 28 heavy (non-hydrogen) atoms. The highest BCUT2D eigenvalue weighted by atomic mass is 16.5. The van der Waals surface area contributed by atoms with Gasteiger partial charge in [-0.15, -0.1) is 0 Å². The Hall–Kier alpha value is -3.48. The van der Waals surface area contributed by atoms with Crippen LogP contribution in [0.3, 0.4) is 0 Å². The van der Waals surface area contributed by atoms with Crippen molar-refractivity contribution in [1.82, 2.24) is 14.8 Å². The maximum Gasteiger partial charge on any atom is 0.365 e. The van der Waals surface area contributed by atoms with Crippen molar-refractivity contribution < 1.29 is 9.53 Å². The number of ether oxygens (including phenoxy) is 1. The number of methoxy groups -OCH3 is 1. The molecule has 1 N–H and O–H groups in total. The summed E-state index contributed by atoms with van der Waals surface area (Å²) in [5, 5.41) is 6.97. The van der Waals surface area contributed by atoms with E-state index in [0.29, 0.717) is 17.1 Å². The summed E-state index contributed by atoms with van der Waals surface area (Å²) < 4.78 is 6.20. The summed E-state index contributed by atoms with van der Waals surface area (Å²) in [6.45, 7) is 5.53. The number of amides is 1. The zero-order valence-electron chi connectivity index (χ0n) is 16.3. The number of carbonyl (C=O) groups is 1. The van der Waals surface area contributed by atoms with E-state index in [1.165, 1.54) is 6.20 Å². The Bertz CT molecular complexity index is 1040. The topological polar surface area (TPSA) is 86.1 Å². The van der Waals surface area contributed by atoms with Gasteiger partial charge in [0.1, 0.15) is 11.8 Å². The van der Waals surface area contributed by atoms with E-state index in [1.807, 2.05) is 32.0 Å². The minimum absolute atomic E-state index is 0.335. The largest absolute Gasteiger partial charge is 0.497 e. The van der Waals surface area contributed by atoms with Crippen molar-refractivity contribution in [3.8, 4) is 17.0 Å². The molecule has 144 valence electrons. The molecule has 0 spiro atoms. The maximum atomic E-state index is 12.6. The molecule has 1 aromatic heterocycles. The second-order valence-corrected chi connectivity index (χ2v) is 6.64. The Labute approximate surface area is 163 Å². The number of hydrogen-bond donors (Lipinski definition) is 1. The molecular formula is C21H22N4O3. The van der Waals surface area contributed by atoms with Crippen LogP contribution in [0.1, 0.15) is 24.1 Å². The van der Waals surface area contributed by atoms with E-state index in [-0.39, 0.29) is 5.91 Å². The SMILES string of the molecule is COc1ccc(-c2cnn([C@@H](C)C(=O)Nc3cc(C)cc(C)c3)c(=O)n2)cc1. The average molecular weight is 378 g/mol. The van der Waals surface area contributed by atoms with Crippen LogP contribution in [-0.4, -0.2) is 27.8 Å². The third-order valence-electron chi connectivity index (χ3n) is 4.34. The molecule has 3 rings (SSSR count). The van der Waals surface area contributed by atoms with Gasteiger partial charge in [0.25, 0.3) is 0 Å². The zero-order valence-corrected chi connectivity index (χ0v) is 16.3. The lowest BCUT2D eigenvalue weighted by molar-refractivity contribution is -0.119. The number of nitrogens with zero attached hydrogens (tertiary/aromatic N) is 3. The highest BCUT2D eigenvalue weighted by Crippen LogP contribution is 2.19. The van der Waals surface area contributed by atoms with Crippen molar-refractivity contribution in [1.29, 1.82) is 0 Å². The predicted molar refractivity (Wildman–Crippen MR) is 108 cm³/mol. The maximum absolute atomic E-state index is 12.6. The van der Waals surface area contributed by atoms with Gasteiger partial charge in [0.05, 0.1) is 19.0 Å². The molecule has 0 bridgehead atoms. The molecule has 7 nitrogen and oxygen atoms in total. The van der Waals surface area contributed by atoms with Gasteiger partial charge in [0, 0.05) is 11.3 Å². The van der Waals surface area contributed by atoms with E-state index in [4.69, 9.17) is 4.74 Å². The van der Waals surface area contributed by atoms with Crippen molar-refractivity contribution in [2.24, 2.45) is 0 Å². The second-order valence-electron chi connectivity index (χ2n) is 6.64. The molecule has 0 saturated carbocycles. The number of anilines is 1. The van der Waals surface area contributed by atoms with Crippen LogP contribution in [0.15, 0.2) is 53.5 Å². The molecule has 2 aromatic carbocycles. The molecule has 0 radical (unpaired) electrons. The third-order valence-corrected chi connectivity index (χ3v) is 4.34. The van der Waals surface area contributed by atoms with Gasteiger partial charge < -0.3 is 10.1 Å². The molecule has 0 fully saturated rings. The smallest absolute Gasteiger partial charge is 0.365 e. The number of rotatable bonds is 5. The molecule has 1 atom stereocenters. The van der Waals surface area contributed by atoms with Crippen LogP contribution >= 0.6 is 0 Å². The average Bonchev–Trinajstić information content (AvgIpc) is 2.66. The molecule has 0 saturated heterocycles. The Kier molecular flexibility index (Phi) is 5.54. The van der Waals surface area contributed by atoms with Gasteiger partial charge in [0.2, 0.25) is 5.91 Å². The van der Waals surface area contributed by atoms with E-state index >= 15 is 0 Å². The summed E-state index contributed by atoms with van der Waals surface area (Å²) >= 11 is 0.